The Morgan fingerprint density at radius 1 is 1.05 bits per heavy atom. The van der Waals surface area contributed by atoms with Crippen LogP contribution in [-0.4, -0.2) is 43.7 Å². The SMILES string of the molecule is c1ccc2c(c1)NCC21CCN(C2CCCNCC2)CC1. The number of piperidine rings is 1. The van der Waals surface area contributed by atoms with Crippen LogP contribution in [0.5, 0.6) is 0 Å². The summed E-state index contributed by atoms with van der Waals surface area (Å²) in [5, 5.41) is 7.18. The number of nitrogens with one attached hydrogen (secondary N) is 2. The van der Waals surface area contributed by atoms with Crippen molar-refractivity contribution in [2.45, 2.75) is 43.6 Å². The smallest absolute Gasteiger partial charge is 0.0379 e. The van der Waals surface area contributed by atoms with Crippen molar-refractivity contribution in [1.82, 2.24) is 10.2 Å². The zero-order valence-corrected chi connectivity index (χ0v) is 12.9. The molecule has 0 amide bonds. The van der Waals surface area contributed by atoms with Crippen LogP contribution in [0.2, 0.25) is 0 Å². The van der Waals surface area contributed by atoms with E-state index in [2.05, 4.69) is 39.8 Å². The molecule has 2 N–H and O–H groups in total. The van der Waals surface area contributed by atoms with Gasteiger partial charge in [-0.05, 0) is 69.9 Å². The molecule has 1 atom stereocenters. The van der Waals surface area contributed by atoms with Crippen LogP contribution in [0.1, 0.15) is 37.7 Å². The molecule has 1 spiro atoms. The molecule has 0 saturated carbocycles. The van der Waals surface area contributed by atoms with Gasteiger partial charge in [-0.15, -0.1) is 0 Å². The fraction of sp³-hybridized carbons (Fsp3) is 0.667. The number of likely N-dealkylation sites (tertiary alicyclic amines) is 1. The number of nitrogens with zero attached hydrogens (tertiary/aromatic N) is 1. The molecule has 1 aromatic rings. The van der Waals surface area contributed by atoms with Gasteiger partial charge in [0.2, 0.25) is 0 Å². The normalized spacial score (nSPS) is 28.9. The van der Waals surface area contributed by atoms with Crippen molar-refractivity contribution in [2.24, 2.45) is 0 Å². The third-order valence-electron chi connectivity index (χ3n) is 5.93. The number of para-hydroxylation sites is 1. The van der Waals surface area contributed by atoms with Crippen molar-refractivity contribution < 1.29 is 0 Å². The van der Waals surface area contributed by atoms with Gasteiger partial charge < -0.3 is 15.5 Å². The molecule has 3 aliphatic heterocycles. The van der Waals surface area contributed by atoms with Gasteiger partial charge in [-0.3, -0.25) is 0 Å². The van der Waals surface area contributed by atoms with Crippen molar-refractivity contribution in [2.75, 3.05) is 38.0 Å². The van der Waals surface area contributed by atoms with Gasteiger partial charge in [-0.1, -0.05) is 18.2 Å². The number of hydrogen-bond donors (Lipinski definition) is 2. The molecule has 3 heteroatoms. The van der Waals surface area contributed by atoms with E-state index in [-0.39, 0.29) is 0 Å². The minimum atomic E-state index is 0.413. The van der Waals surface area contributed by atoms with E-state index in [1.54, 1.807) is 5.56 Å². The third-order valence-corrected chi connectivity index (χ3v) is 5.93. The summed E-state index contributed by atoms with van der Waals surface area (Å²) in [4.78, 5) is 2.78. The van der Waals surface area contributed by atoms with Crippen molar-refractivity contribution in [1.29, 1.82) is 0 Å². The van der Waals surface area contributed by atoms with Crippen molar-refractivity contribution >= 4 is 5.69 Å². The zero-order valence-electron chi connectivity index (χ0n) is 12.9. The van der Waals surface area contributed by atoms with E-state index in [9.17, 15) is 0 Å². The second kappa shape index (κ2) is 5.62. The standard InChI is InChI=1S/C18H27N3/c1-2-6-17-16(5-1)18(14-20-17)8-12-21(13-9-18)15-4-3-10-19-11-7-15/h1-2,5-6,15,19-20H,3-4,7-14H2. The Labute approximate surface area is 128 Å². The average molecular weight is 285 g/mol. The van der Waals surface area contributed by atoms with E-state index in [1.807, 2.05) is 0 Å². The van der Waals surface area contributed by atoms with Gasteiger partial charge in [-0.2, -0.15) is 0 Å². The Bertz CT molecular complexity index is 483. The number of anilines is 1. The lowest BCUT2D eigenvalue weighted by atomic mass is 9.74. The maximum Gasteiger partial charge on any atom is 0.0379 e. The molecule has 0 aromatic heterocycles. The van der Waals surface area contributed by atoms with Crippen LogP contribution in [-0.2, 0) is 5.41 Å². The van der Waals surface area contributed by atoms with Crippen molar-refractivity contribution in [3.05, 3.63) is 29.8 Å². The molecule has 0 radical (unpaired) electrons. The highest BCUT2D eigenvalue weighted by molar-refractivity contribution is 5.60. The van der Waals surface area contributed by atoms with Gasteiger partial charge in [0, 0.05) is 23.7 Å². The summed E-state index contributed by atoms with van der Waals surface area (Å²) in [7, 11) is 0. The summed E-state index contributed by atoms with van der Waals surface area (Å²) >= 11 is 0. The predicted octanol–water partition coefficient (Wildman–Crippen LogP) is 2.59. The lowest BCUT2D eigenvalue weighted by Crippen LogP contribution is -2.48. The zero-order chi connectivity index (χ0) is 14.1. The molecular weight excluding hydrogens is 258 g/mol. The molecule has 3 nitrogen and oxygen atoms in total. The van der Waals surface area contributed by atoms with Crippen LogP contribution in [0, 0.1) is 0 Å². The Hall–Kier alpha value is -1.06. The maximum absolute atomic E-state index is 3.64. The average Bonchev–Trinajstić information content (AvgIpc) is 2.73. The summed E-state index contributed by atoms with van der Waals surface area (Å²) in [5.41, 5.74) is 3.37. The molecule has 114 valence electrons. The highest BCUT2D eigenvalue weighted by Gasteiger charge is 2.42. The summed E-state index contributed by atoms with van der Waals surface area (Å²) < 4.78 is 0. The second-order valence-corrected chi connectivity index (χ2v) is 7.05. The predicted molar refractivity (Wildman–Crippen MR) is 87.9 cm³/mol. The van der Waals surface area contributed by atoms with Crippen molar-refractivity contribution in [3.8, 4) is 0 Å². The Morgan fingerprint density at radius 2 is 1.90 bits per heavy atom. The van der Waals surface area contributed by atoms with E-state index in [0.717, 1.165) is 12.6 Å². The van der Waals surface area contributed by atoms with E-state index in [1.165, 1.54) is 64.0 Å². The lowest BCUT2D eigenvalue weighted by Gasteiger charge is -2.42. The summed E-state index contributed by atoms with van der Waals surface area (Å²) in [5.74, 6) is 0. The van der Waals surface area contributed by atoms with E-state index < -0.39 is 0 Å². The number of rotatable bonds is 1. The lowest BCUT2D eigenvalue weighted by molar-refractivity contribution is 0.113. The van der Waals surface area contributed by atoms with Crippen LogP contribution in [0.4, 0.5) is 5.69 Å². The minimum Gasteiger partial charge on any atom is -0.384 e. The summed E-state index contributed by atoms with van der Waals surface area (Å²) in [6.45, 7) is 6.12. The molecule has 3 aliphatic rings. The quantitative estimate of drug-likeness (QED) is 0.830. The van der Waals surface area contributed by atoms with Gasteiger partial charge in [0.05, 0.1) is 0 Å². The maximum atomic E-state index is 3.64. The van der Waals surface area contributed by atoms with E-state index in [4.69, 9.17) is 0 Å². The van der Waals surface area contributed by atoms with Gasteiger partial charge in [0.25, 0.3) is 0 Å². The fourth-order valence-corrected chi connectivity index (χ4v) is 4.59. The Kier molecular flexibility index (Phi) is 3.64. The Balaban J connectivity index is 1.45. The number of hydrogen-bond acceptors (Lipinski definition) is 3. The summed E-state index contributed by atoms with van der Waals surface area (Å²) in [6.07, 6.45) is 6.70. The molecular formula is C18H27N3. The van der Waals surface area contributed by atoms with Gasteiger partial charge in [0.1, 0.15) is 0 Å². The van der Waals surface area contributed by atoms with Crippen molar-refractivity contribution in [3.63, 3.8) is 0 Å². The molecule has 0 aliphatic carbocycles. The monoisotopic (exact) mass is 285 g/mol. The number of benzene rings is 1. The molecule has 21 heavy (non-hydrogen) atoms. The molecule has 1 aromatic carbocycles. The molecule has 2 saturated heterocycles. The first-order valence-electron chi connectivity index (χ1n) is 8.66. The molecule has 0 bridgehead atoms. The van der Waals surface area contributed by atoms with E-state index in [0.29, 0.717) is 5.41 Å². The van der Waals surface area contributed by atoms with Crippen LogP contribution in [0.15, 0.2) is 24.3 Å². The molecule has 1 unspecified atom stereocenters. The van der Waals surface area contributed by atoms with Crippen LogP contribution >= 0.6 is 0 Å². The van der Waals surface area contributed by atoms with Gasteiger partial charge in [-0.25, -0.2) is 0 Å². The number of fused-ring (bicyclic) bond motifs is 2. The van der Waals surface area contributed by atoms with E-state index >= 15 is 0 Å². The highest BCUT2D eigenvalue weighted by Crippen LogP contribution is 2.44. The fourth-order valence-electron chi connectivity index (χ4n) is 4.59. The first-order chi connectivity index (χ1) is 10.4. The molecule has 2 fully saturated rings. The largest absolute Gasteiger partial charge is 0.384 e. The second-order valence-electron chi connectivity index (χ2n) is 7.05. The highest BCUT2D eigenvalue weighted by atomic mass is 15.2. The molecule has 4 rings (SSSR count). The topological polar surface area (TPSA) is 27.3 Å². The minimum absolute atomic E-state index is 0.413. The first kappa shape index (κ1) is 13.6. The van der Waals surface area contributed by atoms with Crippen LogP contribution < -0.4 is 10.6 Å². The first-order valence-corrected chi connectivity index (χ1v) is 8.66. The van der Waals surface area contributed by atoms with Gasteiger partial charge in [0.15, 0.2) is 0 Å². The Morgan fingerprint density at radius 3 is 2.81 bits per heavy atom. The summed E-state index contributed by atoms with van der Waals surface area (Å²) in [6, 6.07) is 9.77. The van der Waals surface area contributed by atoms with Crippen LogP contribution in [0.3, 0.4) is 0 Å². The van der Waals surface area contributed by atoms with Crippen LogP contribution in [0.25, 0.3) is 0 Å². The van der Waals surface area contributed by atoms with Gasteiger partial charge >= 0.3 is 0 Å². The third kappa shape index (κ3) is 2.47. The molecule has 3 heterocycles.